The second kappa shape index (κ2) is 7.58. The molecular weight excluding hydrogens is 348 g/mol. The Labute approximate surface area is 158 Å². The van der Waals surface area contributed by atoms with E-state index in [-0.39, 0.29) is 12.5 Å². The Balaban J connectivity index is 1.36. The lowest BCUT2D eigenvalue weighted by Crippen LogP contribution is -2.51. The molecule has 3 saturated heterocycles. The number of hydrogen-bond acceptors (Lipinski definition) is 7. The van der Waals surface area contributed by atoms with Crippen LogP contribution in [0.5, 0.6) is 0 Å². The molecule has 0 radical (unpaired) electrons. The van der Waals surface area contributed by atoms with Gasteiger partial charge in [-0.05, 0) is 19.8 Å². The molecule has 3 aliphatic heterocycles. The third-order valence-electron chi connectivity index (χ3n) is 5.35. The molecule has 0 aliphatic carbocycles. The van der Waals surface area contributed by atoms with Crippen LogP contribution >= 0.6 is 0 Å². The van der Waals surface area contributed by atoms with Crippen molar-refractivity contribution in [1.82, 2.24) is 19.8 Å². The molecule has 9 heteroatoms. The van der Waals surface area contributed by atoms with Gasteiger partial charge in [0.15, 0.2) is 0 Å². The normalized spacial score (nSPS) is 20.4. The monoisotopic (exact) mass is 374 g/mol. The van der Waals surface area contributed by atoms with Crippen molar-refractivity contribution in [3.8, 4) is 0 Å². The van der Waals surface area contributed by atoms with Crippen molar-refractivity contribution in [3.05, 3.63) is 11.8 Å². The Morgan fingerprint density at radius 2 is 1.78 bits per heavy atom. The predicted octanol–water partition coefficient (Wildman–Crippen LogP) is 0.486. The molecule has 0 N–H and O–H groups in total. The Hall–Kier alpha value is -2.58. The van der Waals surface area contributed by atoms with E-state index in [1.54, 1.807) is 0 Å². The van der Waals surface area contributed by atoms with Gasteiger partial charge in [-0.3, -0.25) is 9.69 Å². The van der Waals surface area contributed by atoms with E-state index in [0.717, 1.165) is 43.6 Å². The number of aromatic nitrogens is 2. The smallest absolute Gasteiger partial charge is 0.410 e. The van der Waals surface area contributed by atoms with Crippen LogP contribution in [0, 0.1) is 6.92 Å². The molecule has 0 spiro atoms. The minimum atomic E-state index is -0.395. The van der Waals surface area contributed by atoms with Crippen LogP contribution in [0.1, 0.15) is 18.5 Å². The van der Waals surface area contributed by atoms with Crippen molar-refractivity contribution in [1.29, 1.82) is 0 Å². The van der Waals surface area contributed by atoms with Gasteiger partial charge in [-0.25, -0.2) is 9.78 Å². The fourth-order valence-corrected chi connectivity index (χ4v) is 3.77. The van der Waals surface area contributed by atoms with Gasteiger partial charge in [0.25, 0.3) is 0 Å². The van der Waals surface area contributed by atoms with Crippen LogP contribution in [0.2, 0.25) is 0 Å². The van der Waals surface area contributed by atoms with Crippen molar-refractivity contribution in [3.63, 3.8) is 0 Å². The summed E-state index contributed by atoms with van der Waals surface area (Å²) in [4.78, 5) is 41.1. The Kier molecular flexibility index (Phi) is 5.00. The summed E-state index contributed by atoms with van der Waals surface area (Å²) in [6.07, 6.45) is 1.99. The molecule has 9 nitrogen and oxygen atoms in total. The fraction of sp³-hybridized carbons (Fsp3) is 0.667. The number of ether oxygens (including phenoxy) is 1. The lowest BCUT2D eigenvalue weighted by Gasteiger charge is -2.36. The van der Waals surface area contributed by atoms with Gasteiger partial charge >= 0.3 is 6.09 Å². The summed E-state index contributed by atoms with van der Waals surface area (Å²) in [5.41, 5.74) is 0.966. The average Bonchev–Trinajstić information content (AvgIpc) is 3.34. The predicted molar refractivity (Wildman–Crippen MR) is 99.9 cm³/mol. The average molecular weight is 374 g/mol. The Morgan fingerprint density at radius 1 is 1.04 bits per heavy atom. The zero-order valence-corrected chi connectivity index (χ0v) is 15.8. The molecule has 0 saturated carbocycles. The first-order valence-electron chi connectivity index (χ1n) is 9.65. The maximum Gasteiger partial charge on any atom is 0.410 e. The van der Waals surface area contributed by atoms with E-state index < -0.39 is 6.09 Å². The molecule has 1 aromatic rings. The maximum absolute atomic E-state index is 12.5. The van der Waals surface area contributed by atoms with Crippen LogP contribution in [-0.2, 0) is 9.53 Å². The molecule has 2 amide bonds. The van der Waals surface area contributed by atoms with E-state index >= 15 is 0 Å². The van der Waals surface area contributed by atoms with Crippen LogP contribution in [0.15, 0.2) is 6.07 Å². The maximum atomic E-state index is 12.5. The molecule has 0 unspecified atom stereocenters. The standard InChI is InChI=1S/C18H26N6O3/c1-14-12-15(20-17(19-14)23-4-2-3-5-23)21-6-8-22(9-7-21)16(25)13-24-10-11-27-18(24)26/h12H,2-11,13H2,1H3. The third-order valence-corrected chi connectivity index (χ3v) is 5.35. The first-order valence-corrected chi connectivity index (χ1v) is 9.65. The molecule has 0 aromatic carbocycles. The van der Waals surface area contributed by atoms with E-state index in [0.29, 0.717) is 26.2 Å². The minimum Gasteiger partial charge on any atom is -0.448 e. The molecule has 4 rings (SSSR count). The summed E-state index contributed by atoms with van der Waals surface area (Å²) >= 11 is 0. The van der Waals surface area contributed by atoms with Gasteiger partial charge in [0.1, 0.15) is 19.0 Å². The summed E-state index contributed by atoms with van der Waals surface area (Å²) in [7, 11) is 0. The second-order valence-corrected chi connectivity index (χ2v) is 7.27. The highest BCUT2D eigenvalue weighted by Crippen LogP contribution is 2.21. The van der Waals surface area contributed by atoms with Crippen molar-refractivity contribution in [2.24, 2.45) is 0 Å². The number of cyclic esters (lactones) is 1. The molecule has 0 atom stereocenters. The third kappa shape index (κ3) is 3.91. The van der Waals surface area contributed by atoms with Gasteiger partial charge in [-0.2, -0.15) is 4.98 Å². The van der Waals surface area contributed by atoms with Gasteiger partial charge in [0.2, 0.25) is 11.9 Å². The van der Waals surface area contributed by atoms with E-state index in [9.17, 15) is 9.59 Å². The Bertz CT molecular complexity index is 713. The van der Waals surface area contributed by atoms with Crippen molar-refractivity contribution >= 4 is 23.8 Å². The largest absolute Gasteiger partial charge is 0.448 e. The Morgan fingerprint density at radius 3 is 2.44 bits per heavy atom. The first kappa shape index (κ1) is 17.8. The molecular formula is C18H26N6O3. The van der Waals surface area contributed by atoms with Crippen LogP contribution in [0.4, 0.5) is 16.6 Å². The highest BCUT2D eigenvalue weighted by molar-refractivity contribution is 5.83. The number of piperazine rings is 1. The van der Waals surface area contributed by atoms with Crippen molar-refractivity contribution in [2.75, 3.05) is 68.8 Å². The van der Waals surface area contributed by atoms with E-state index in [4.69, 9.17) is 9.72 Å². The molecule has 4 heterocycles. The molecule has 3 aliphatic rings. The zero-order chi connectivity index (χ0) is 18.8. The van der Waals surface area contributed by atoms with Gasteiger partial charge in [0, 0.05) is 51.0 Å². The number of carbonyl (C=O) groups is 2. The SMILES string of the molecule is Cc1cc(N2CCN(C(=O)CN3CCOC3=O)CC2)nc(N2CCCC2)n1. The highest BCUT2D eigenvalue weighted by atomic mass is 16.6. The number of anilines is 2. The molecule has 1 aromatic heterocycles. The van der Waals surface area contributed by atoms with E-state index in [1.165, 1.54) is 17.7 Å². The van der Waals surface area contributed by atoms with Gasteiger partial charge in [0.05, 0.1) is 6.54 Å². The van der Waals surface area contributed by atoms with Crippen molar-refractivity contribution in [2.45, 2.75) is 19.8 Å². The van der Waals surface area contributed by atoms with Gasteiger partial charge in [-0.15, -0.1) is 0 Å². The van der Waals surface area contributed by atoms with Gasteiger partial charge in [-0.1, -0.05) is 0 Å². The summed E-state index contributed by atoms with van der Waals surface area (Å²) in [6.45, 7) is 7.71. The quantitative estimate of drug-likeness (QED) is 0.758. The number of hydrogen-bond donors (Lipinski definition) is 0. The lowest BCUT2D eigenvalue weighted by molar-refractivity contribution is -0.132. The second-order valence-electron chi connectivity index (χ2n) is 7.27. The highest BCUT2D eigenvalue weighted by Gasteiger charge is 2.28. The van der Waals surface area contributed by atoms with E-state index in [2.05, 4.69) is 14.8 Å². The van der Waals surface area contributed by atoms with Crippen LogP contribution in [0.3, 0.4) is 0 Å². The van der Waals surface area contributed by atoms with Gasteiger partial charge < -0.3 is 19.4 Å². The number of amides is 2. The number of carbonyl (C=O) groups excluding carboxylic acids is 2. The zero-order valence-electron chi connectivity index (χ0n) is 15.8. The molecule has 146 valence electrons. The molecule has 27 heavy (non-hydrogen) atoms. The minimum absolute atomic E-state index is 0.0230. The number of nitrogens with zero attached hydrogens (tertiary/aromatic N) is 6. The van der Waals surface area contributed by atoms with Crippen molar-refractivity contribution < 1.29 is 14.3 Å². The number of rotatable bonds is 4. The lowest BCUT2D eigenvalue weighted by atomic mass is 10.3. The van der Waals surface area contributed by atoms with Crippen LogP contribution in [-0.4, -0.2) is 90.7 Å². The number of aryl methyl sites for hydroxylation is 1. The molecule has 0 bridgehead atoms. The summed E-state index contributed by atoms with van der Waals surface area (Å²) in [5, 5.41) is 0. The summed E-state index contributed by atoms with van der Waals surface area (Å²) in [5.74, 6) is 1.72. The summed E-state index contributed by atoms with van der Waals surface area (Å²) in [6, 6.07) is 2.01. The molecule has 3 fully saturated rings. The topological polar surface area (TPSA) is 82.1 Å². The van der Waals surface area contributed by atoms with E-state index in [1.807, 2.05) is 17.9 Å². The van der Waals surface area contributed by atoms with Crippen LogP contribution < -0.4 is 9.80 Å². The fourth-order valence-electron chi connectivity index (χ4n) is 3.77. The summed E-state index contributed by atoms with van der Waals surface area (Å²) < 4.78 is 4.88. The van der Waals surface area contributed by atoms with Crippen LogP contribution in [0.25, 0.3) is 0 Å². The first-order chi connectivity index (χ1) is 13.1.